The summed E-state index contributed by atoms with van der Waals surface area (Å²) in [7, 11) is 0. The lowest BCUT2D eigenvalue weighted by molar-refractivity contribution is -0.126. The van der Waals surface area contributed by atoms with E-state index in [1.54, 1.807) is 0 Å². The number of aromatic nitrogens is 2. The minimum atomic E-state index is 0.131. The molecule has 18 heavy (non-hydrogen) atoms. The van der Waals surface area contributed by atoms with E-state index in [-0.39, 0.29) is 11.8 Å². The number of aryl methyl sites for hydroxylation is 1. The molecule has 0 N–H and O–H groups in total. The van der Waals surface area contributed by atoms with Crippen LogP contribution in [0.1, 0.15) is 26.1 Å². The summed E-state index contributed by atoms with van der Waals surface area (Å²) in [4.78, 5) is 16.8. The normalized spacial score (nSPS) is 19.2. The molecule has 1 atom stereocenters. The van der Waals surface area contributed by atoms with Crippen LogP contribution < -0.4 is 0 Å². The number of fused-ring (bicyclic) bond motifs is 3. The van der Waals surface area contributed by atoms with Gasteiger partial charge in [-0.15, -0.1) is 0 Å². The maximum absolute atomic E-state index is 12.1. The van der Waals surface area contributed by atoms with Crippen molar-refractivity contribution in [3.63, 3.8) is 0 Å². The zero-order valence-electron chi connectivity index (χ0n) is 10.9. The molecule has 3 nitrogen and oxygen atoms in total. The van der Waals surface area contributed by atoms with Gasteiger partial charge < -0.3 is 4.57 Å². The summed E-state index contributed by atoms with van der Waals surface area (Å²) in [6, 6.07) is 8.18. The minimum absolute atomic E-state index is 0.131. The molecule has 3 heteroatoms. The number of para-hydroxylation sites is 2. The Kier molecular flexibility index (Phi) is 2.69. The molecule has 0 saturated heterocycles. The molecule has 0 amide bonds. The summed E-state index contributed by atoms with van der Waals surface area (Å²) in [5, 5.41) is 0. The lowest BCUT2D eigenvalue weighted by Gasteiger charge is -2.24. The van der Waals surface area contributed by atoms with Crippen LogP contribution in [0.15, 0.2) is 24.3 Å². The summed E-state index contributed by atoms with van der Waals surface area (Å²) >= 11 is 0. The number of nitrogens with zero attached hydrogens (tertiary/aromatic N) is 2. The molecule has 0 fully saturated rings. The average Bonchev–Trinajstić information content (AvgIpc) is 2.75. The minimum Gasteiger partial charge on any atom is -0.327 e. The highest BCUT2D eigenvalue weighted by atomic mass is 16.1. The van der Waals surface area contributed by atoms with Gasteiger partial charge in [0.1, 0.15) is 11.6 Å². The van der Waals surface area contributed by atoms with E-state index in [1.807, 2.05) is 32.0 Å². The Morgan fingerprint density at radius 2 is 2.17 bits per heavy atom. The van der Waals surface area contributed by atoms with Gasteiger partial charge in [-0.1, -0.05) is 26.0 Å². The van der Waals surface area contributed by atoms with Crippen LogP contribution in [0, 0.1) is 11.8 Å². The molecule has 0 bridgehead atoms. The number of Topliss-reactive ketones (excluding diaryl/α,β-unsaturated/α-hetero) is 1. The molecule has 0 radical (unpaired) electrons. The number of hydrogen-bond acceptors (Lipinski definition) is 2. The van der Waals surface area contributed by atoms with E-state index >= 15 is 0 Å². The van der Waals surface area contributed by atoms with Crippen LogP contribution in [0.3, 0.4) is 0 Å². The molecule has 1 aliphatic rings. The van der Waals surface area contributed by atoms with Crippen LogP contribution >= 0.6 is 0 Å². The van der Waals surface area contributed by atoms with Crippen molar-refractivity contribution in [3.05, 3.63) is 30.1 Å². The standard InChI is InChI=1S/C15H18N2O/c1-10(2)15(18)11-7-8-14-16-12-5-3-4-6-13(12)17(14)9-11/h3-6,10-11H,7-9H2,1-2H3. The zero-order chi connectivity index (χ0) is 12.7. The Morgan fingerprint density at radius 3 is 2.94 bits per heavy atom. The maximum Gasteiger partial charge on any atom is 0.140 e. The molecular weight excluding hydrogens is 224 g/mol. The first-order valence-corrected chi connectivity index (χ1v) is 6.64. The smallest absolute Gasteiger partial charge is 0.140 e. The van der Waals surface area contributed by atoms with Crippen LogP contribution in [0.2, 0.25) is 0 Å². The van der Waals surface area contributed by atoms with Crippen molar-refractivity contribution in [2.75, 3.05) is 0 Å². The molecule has 2 heterocycles. The van der Waals surface area contributed by atoms with E-state index in [4.69, 9.17) is 0 Å². The van der Waals surface area contributed by atoms with E-state index in [9.17, 15) is 4.79 Å². The third-order valence-electron chi connectivity index (χ3n) is 3.82. The van der Waals surface area contributed by atoms with E-state index in [0.717, 1.165) is 36.2 Å². The summed E-state index contributed by atoms with van der Waals surface area (Å²) < 4.78 is 2.23. The Morgan fingerprint density at radius 1 is 1.39 bits per heavy atom. The molecule has 2 aromatic rings. The van der Waals surface area contributed by atoms with Gasteiger partial charge in [0, 0.05) is 24.8 Å². The number of carbonyl (C=O) groups excluding carboxylic acids is 1. The molecule has 1 aromatic heterocycles. The van der Waals surface area contributed by atoms with Gasteiger partial charge in [0.15, 0.2) is 0 Å². The van der Waals surface area contributed by atoms with Gasteiger partial charge in [-0.05, 0) is 18.6 Å². The lowest BCUT2D eigenvalue weighted by Crippen LogP contribution is -2.29. The third kappa shape index (κ3) is 1.74. The van der Waals surface area contributed by atoms with Gasteiger partial charge in [-0.3, -0.25) is 4.79 Å². The van der Waals surface area contributed by atoms with Crippen molar-refractivity contribution < 1.29 is 4.79 Å². The average molecular weight is 242 g/mol. The van der Waals surface area contributed by atoms with E-state index in [1.165, 1.54) is 0 Å². The van der Waals surface area contributed by atoms with Gasteiger partial charge in [0.2, 0.25) is 0 Å². The van der Waals surface area contributed by atoms with Crippen LogP contribution in [-0.2, 0) is 17.8 Å². The van der Waals surface area contributed by atoms with Crippen molar-refractivity contribution in [2.45, 2.75) is 33.2 Å². The zero-order valence-corrected chi connectivity index (χ0v) is 10.9. The van der Waals surface area contributed by atoms with Gasteiger partial charge in [0.25, 0.3) is 0 Å². The Balaban J connectivity index is 1.99. The first-order chi connectivity index (χ1) is 8.66. The van der Waals surface area contributed by atoms with Crippen molar-refractivity contribution in [1.29, 1.82) is 0 Å². The first kappa shape index (κ1) is 11.5. The van der Waals surface area contributed by atoms with Crippen molar-refractivity contribution >= 4 is 16.8 Å². The monoisotopic (exact) mass is 242 g/mol. The Bertz CT molecular complexity index is 598. The summed E-state index contributed by atoms with van der Waals surface area (Å²) in [6.45, 7) is 4.78. The number of benzene rings is 1. The fraction of sp³-hybridized carbons (Fsp3) is 0.467. The molecule has 0 spiro atoms. The molecular formula is C15H18N2O. The van der Waals surface area contributed by atoms with Crippen LogP contribution in [0.4, 0.5) is 0 Å². The predicted octanol–water partition coefficient (Wildman–Crippen LogP) is 2.82. The summed E-state index contributed by atoms with van der Waals surface area (Å²) in [5.74, 6) is 1.81. The van der Waals surface area contributed by atoms with E-state index in [0.29, 0.717) is 5.78 Å². The van der Waals surface area contributed by atoms with Crippen molar-refractivity contribution in [2.24, 2.45) is 11.8 Å². The number of hydrogen-bond donors (Lipinski definition) is 0. The topological polar surface area (TPSA) is 34.9 Å². The molecule has 3 rings (SSSR count). The summed E-state index contributed by atoms with van der Waals surface area (Å²) in [5.41, 5.74) is 2.21. The van der Waals surface area contributed by atoms with Crippen molar-refractivity contribution in [3.8, 4) is 0 Å². The number of ketones is 1. The van der Waals surface area contributed by atoms with Crippen LogP contribution in [0.25, 0.3) is 11.0 Å². The molecule has 0 aliphatic carbocycles. The molecule has 94 valence electrons. The van der Waals surface area contributed by atoms with Gasteiger partial charge >= 0.3 is 0 Å². The second-order valence-corrected chi connectivity index (χ2v) is 5.42. The lowest BCUT2D eigenvalue weighted by atomic mass is 9.89. The molecule has 0 saturated carbocycles. The highest BCUT2D eigenvalue weighted by Gasteiger charge is 2.27. The van der Waals surface area contributed by atoms with Crippen molar-refractivity contribution in [1.82, 2.24) is 9.55 Å². The molecule has 1 aliphatic heterocycles. The van der Waals surface area contributed by atoms with Crippen LogP contribution in [0.5, 0.6) is 0 Å². The Labute approximate surface area is 107 Å². The van der Waals surface area contributed by atoms with E-state index < -0.39 is 0 Å². The Hall–Kier alpha value is -1.64. The van der Waals surface area contributed by atoms with Gasteiger partial charge in [-0.2, -0.15) is 0 Å². The predicted molar refractivity (Wildman–Crippen MR) is 71.4 cm³/mol. The second-order valence-electron chi connectivity index (χ2n) is 5.42. The third-order valence-corrected chi connectivity index (χ3v) is 3.82. The quantitative estimate of drug-likeness (QED) is 0.811. The maximum atomic E-state index is 12.1. The molecule has 1 aromatic carbocycles. The fourth-order valence-electron chi connectivity index (χ4n) is 2.84. The molecule has 1 unspecified atom stereocenters. The highest BCUT2D eigenvalue weighted by molar-refractivity contribution is 5.83. The first-order valence-electron chi connectivity index (χ1n) is 6.64. The van der Waals surface area contributed by atoms with Gasteiger partial charge in [0.05, 0.1) is 11.0 Å². The number of rotatable bonds is 2. The number of imidazole rings is 1. The SMILES string of the molecule is CC(C)C(=O)C1CCc2nc3ccccc3n2C1. The highest BCUT2D eigenvalue weighted by Crippen LogP contribution is 2.27. The summed E-state index contributed by atoms with van der Waals surface area (Å²) in [6.07, 6.45) is 1.86. The second kappa shape index (κ2) is 4.23. The largest absolute Gasteiger partial charge is 0.327 e. The number of carbonyl (C=O) groups is 1. The van der Waals surface area contributed by atoms with Gasteiger partial charge in [-0.25, -0.2) is 4.98 Å². The van der Waals surface area contributed by atoms with E-state index in [2.05, 4.69) is 15.6 Å². The van der Waals surface area contributed by atoms with Crippen LogP contribution in [-0.4, -0.2) is 15.3 Å². The fourth-order valence-corrected chi connectivity index (χ4v) is 2.84.